The predicted molar refractivity (Wildman–Crippen MR) is 83.0 cm³/mol. The number of sulfonamides is 1. The van der Waals surface area contributed by atoms with Crippen LogP contribution in [0.1, 0.15) is 19.8 Å². The lowest BCUT2D eigenvalue weighted by molar-refractivity contribution is 0.317. The minimum atomic E-state index is -3.38. The van der Waals surface area contributed by atoms with Crippen molar-refractivity contribution in [2.75, 3.05) is 33.3 Å². The van der Waals surface area contributed by atoms with E-state index in [1.807, 2.05) is 14.0 Å². The molecule has 1 aliphatic rings. The second kappa shape index (κ2) is 7.24. The average Bonchev–Trinajstić information content (AvgIpc) is 2.95. The monoisotopic (exact) mass is 312 g/mol. The smallest absolute Gasteiger partial charge is 0.243 e. The van der Waals surface area contributed by atoms with Crippen molar-refractivity contribution in [1.29, 1.82) is 0 Å². The Morgan fingerprint density at radius 2 is 2.05 bits per heavy atom. The van der Waals surface area contributed by atoms with E-state index in [9.17, 15) is 8.42 Å². The van der Waals surface area contributed by atoms with Gasteiger partial charge in [0.15, 0.2) is 0 Å². The second-order valence-electron chi connectivity index (χ2n) is 5.40. The van der Waals surface area contributed by atoms with E-state index in [-0.39, 0.29) is 0 Å². The largest absolute Gasteiger partial charge is 0.494 e. The highest BCUT2D eigenvalue weighted by Crippen LogP contribution is 2.25. The highest BCUT2D eigenvalue weighted by atomic mass is 32.2. The van der Waals surface area contributed by atoms with Crippen LogP contribution in [0.25, 0.3) is 0 Å². The highest BCUT2D eigenvalue weighted by Gasteiger charge is 2.32. The minimum absolute atomic E-state index is 0.344. The number of benzene rings is 1. The molecule has 0 radical (unpaired) electrons. The fourth-order valence-electron chi connectivity index (χ4n) is 2.55. The molecule has 5 nitrogen and oxygen atoms in total. The maximum Gasteiger partial charge on any atom is 0.243 e. The molecule has 6 heteroatoms. The molecule has 2 rings (SSSR count). The molecule has 1 unspecified atom stereocenters. The summed E-state index contributed by atoms with van der Waals surface area (Å²) in [4.78, 5) is 0.344. The number of rotatable bonds is 7. The Bertz CT molecular complexity index is 543. The third-order valence-corrected chi connectivity index (χ3v) is 5.56. The molecule has 1 aliphatic heterocycles. The maximum atomic E-state index is 12.6. The van der Waals surface area contributed by atoms with Gasteiger partial charge < -0.3 is 10.1 Å². The molecule has 1 fully saturated rings. The van der Waals surface area contributed by atoms with Gasteiger partial charge in [0.25, 0.3) is 0 Å². The zero-order valence-electron chi connectivity index (χ0n) is 12.7. The van der Waals surface area contributed by atoms with Crippen molar-refractivity contribution in [3.05, 3.63) is 24.3 Å². The Morgan fingerprint density at radius 3 is 2.67 bits per heavy atom. The van der Waals surface area contributed by atoms with Gasteiger partial charge in [0.1, 0.15) is 5.75 Å². The molecule has 1 atom stereocenters. The van der Waals surface area contributed by atoms with Gasteiger partial charge >= 0.3 is 0 Å². The summed E-state index contributed by atoms with van der Waals surface area (Å²) in [5.41, 5.74) is 0. The van der Waals surface area contributed by atoms with Crippen molar-refractivity contribution < 1.29 is 13.2 Å². The van der Waals surface area contributed by atoms with E-state index in [0.29, 0.717) is 36.3 Å². The standard InChI is InChI=1S/C15H24N2O3S/c1-3-10-20-14-4-6-15(7-5-14)21(18,19)17-9-8-13(12-17)11-16-2/h4-7,13,16H,3,8-12H2,1-2H3. The number of ether oxygens (including phenoxy) is 1. The van der Waals surface area contributed by atoms with Gasteiger partial charge in [0.2, 0.25) is 10.0 Å². The van der Waals surface area contributed by atoms with Crippen LogP contribution in [0, 0.1) is 5.92 Å². The van der Waals surface area contributed by atoms with Gasteiger partial charge in [-0.05, 0) is 56.6 Å². The first-order valence-electron chi connectivity index (χ1n) is 7.45. The number of hydrogen-bond acceptors (Lipinski definition) is 4. The highest BCUT2D eigenvalue weighted by molar-refractivity contribution is 7.89. The fourth-order valence-corrected chi connectivity index (χ4v) is 4.08. The van der Waals surface area contributed by atoms with E-state index >= 15 is 0 Å². The quantitative estimate of drug-likeness (QED) is 0.832. The topological polar surface area (TPSA) is 58.6 Å². The predicted octanol–water partition coefficient (Wildman–Crippen LogP) is 1.71. The van der Waals surface area contributed by atoms with E-state index < -0.39 is 10.0 Å². The van der Waals surface area contributed by atoms with Crippen LogP contribution in [-0.2, 0) is 10.0 Å². The van der Waals surface area contributed by atoms with Crippen LogP contribution >= 0.6 is 0 Å². The summed E-state index contributed by atoms with van der Waals surface area (Å²) in [5.74, 6) is 1.11. The summed E-state index contributed by atoms with van der Waals surface area (Å²) >= 11 is 0. The number of hydrogen-bond donors (Lipinski definition) is 1. The van der Waals surface area contributed by atoms with Gasteiger partial charge in [-0.1, -0.05) is 6.92 Å². The molecule has 1 aromatic rings. The molecule has 0 aliphatic carbocycles. The third-order valence-electron chi connectivity index (χ3n) is 3.68. The van der Waals surface area contributed by atoms with Crippen LogP contribution in [0.15, 0.2) is 29.2 Å². The van der Waals surface area contributed by atoms with Crippen molar-refractivity contribution in [3.8, 4) is 5.75 Å². The Balaban J connectivity index is 2.06. The fraction of sp³-hybridized carbons (Fsp3) is 0.600. The minimum Gasteiger partial charge on any atom is -0.494 e. The summed E-state index contributed by atoms with van der Waals surface area (Å²) in [6.07, 6.45) is 1.85. The van der Waals surface area contributed by atoms with Crippen molar-refractivity contribution >= 4 is 10.0 Å². The van der Waals surface area contributed by atoms with Gasteiger partial charge in [0, 0.05) is 13.1 Å². The van der Waals surface area contributed by atoms with Crippen LogP contribution in [0.4, 0.5) is 0 Å². The average molecular weight is 312 g/mol. The first kappa shape index (κ1) is 16.3. The molecule has 118 valence electrons. The van der Waals surface area contributed by atoms with Crippen LogP contribution < -0.4 is 10.1 Å². The molecule has 0 saturated carbocycles. The molecule has 0 aromatic heterocycles. The van der Waals surface area contributed by atoms with Crippen molar-refractivity contribution in [2.24, 2.45) is 5.92 Å². The normalized spacial score (nSPS) is 19.8. The lowest BCUT2D eigenvalue weighted by Gasteiger charge is -2.17. The van der Waals surface area contributed by atoms with Crippen LogP contribution in [0.5, 0.6) is 5.75 Å². The summed E-state index contributed by atoms with van der Waals surface area (Å²) in [7, 11) is -1.48. The second-order valence-corrected chi connectivity index (χ2v) is 7.33. The Morgan fingerprint density at radius 1 is 1.33 bits per heavy atom. The Labute approximate surface area is 127 Å². The zero-order valence-corrected chi connectivity index (χ0v) is 13.5. The molecule has 1 saturated heterocycles. The zero-order chi connectivity index (χ0) is 15.3. The van der Waals surface area contributed by atoms with Crippen LogP contribution in [0.3, 0.4) is 0 Å². The summed E-state index contributed by atoms with van der Waals surface area (Å²) in [6, 6.07) is 6.71. The van der Waals surface area contributed by atoms with Crippen molar-refractivity contribution in [2.45, 2.75) is 24.7 Å². The van der Waals surface area contributed by atoms with E-state index in [4.69, 9.17) is 4.74 Å². The number of nitrogens with one attached hydrogen (secondary N) is 1. The van der Waals surface area contributed by atoms with E-state index in [1.165, 1.54) is 0 Å². The lowest BCUT2D eigenvalue weighted by atomic mass is 10.1. The summed E-state index contributed by atoms with van der Waals surface area (Å²) in [5, 5.41) is 3.11. The van der Waals surface area contributed by atoms with Gasteiger partial charge in [-0.2, -0.15) is 4.31 Å². The van der Waals surface area contributed by atoms with Gasteiger partial charge in [0.05, 0.1) is 11.5 Å². The van der Waals surface area contributed by atoms with Gasteiger partial charge in [-0.25, -0.2) is 8.42 Å². The molecular weight excluding hydrogens is 288 g/mol. The molecule has 1 N–H and O–H groups in total. The summed E-state index contributed by atoms with van der Waals surface area (Å²) in [6.45, 7) is 4.73. The molecular formula is C15H24N2O3S. The van der Waals surface area contributed by atoms with E-state index in [1.54, 1.807) is 28.6 Å². The number of nitrogens with zero attached hydrogens (tertiary/aromatic N) is 1. The molecule has 1 heterocycles. The van der Waals surface area contributed by atoms with Gasteiger partial charge in [-0.15, -0.1) is 0 Å². The first-order valence-corrected chi connectivity index (χ1v) is 8.89. The van der Waals surface area contributed by atoms with Crippen molar-refractivity contribution in [3.63, 3.8) is 0 Å². The molecule has 1 aromatic carbocycles. The van der Waals surface area contributed by atoms with Crippen LogP contribution in [0.2, 0.25) is 0 Å². The first-order chi connectivity index (χ1) is 10.1. The molecule has 0 amide bonds. The van der Waals surface area contributed by atoms with E-state index in [0.717, 1.165) is 19.4 Å². The Kier molecular flexibility index (Phi) is 5.61. The van der Waals surface area contributed by atoms with E-state index in [2.05, 4.69) is 5.32 Å². The Hall–Kier alpha value is -1.11. The molecule has 21 heavy (non-hydrogen) atoms. The van der Waals surface area contributed by atoms with Gasteiger partial charge in [-0.3, -0.25) is 0 Å². The molecule has 0 spiro atoms. The van der Waals surface area contributed by atoms with Crippen LogP contribution in [-0.4, -0.2) is 46.0 Å². The molecule has 0 bridgehead atoms. The summed E-state index contributed by atoms with van der Waals surface area (Å²) < 4.78 is 32.2. The third kappa shape index (κ3) is 3.96. The SMILES string of the molecule is CCCOc1ccc(S(=O)(=O)N2CCC(CNC)C2)cc1. The van der Waals surface area contributed by atoms with Crippen molar-refractivity contribution in [1.82, 2.24) is 9.62 Å². The maximum absolute atomic E-state index is 12.6. The lowest BCUT2D eigenvalue weighted by Crippen LogP contribution is -2.30.